The molecule has 0 radical (unpaired) electrons. The number of nitrogens with zero attached hydrogens (tertiary/aromatic N) is 2. The molecule has 0 atom stereocenters. The molecule has 1 heterocycles. The third-order valence-electron chi connectivity index (χ3n) is 4.78. The first-order valence-corrected chi connectivity index (χ1v) is 9.84. The Labute approximate surface area is 168 Å². The lowest BCUT2D eigenvalue weighted by molar-refractivity contribution is 0.0857. The van der Waals surface area contributed by atoms with Crippen LogP contribution in [0.2, 0.25) is 0 Å². The summed E-state index contributed by atoms with van der Waals surface area (Å²) in [6.07, 6.45) is 1.82. The average Bonchev–Trinajstić information content (AvgIpc) is 2.63. The highest BCUT2D eigenvalue weighted by Gasteiger charge is 2.25. The zero-order valence-electron chi connectivity index (χ0n) is 14.7. The summed E-state index contributed by atoms with van der Waals surface area (Å²) in [4.78, 5) is 17.0. The third kappa shape index (κ3) is 4.31. The maximum absolute atomic E-state index is 12.9. The zero-order valence-corrected chi connectivity index (χ0v) is 17.1. The number of rotatable bonds is 4. The average molecular weight is 432 g/mol. The summed E-state index contributed by atoms with van der Waals surface area (Å²) in [6, 6.07) is 15.3. The quantitative estimate of drug-likeness (QED) is 0.575. The summed E-state index contributed by atoms with van der Waals surface area (Å²) >= 11 is 8.70. The fourth-order valence-corrected chi connectivity index (χ4v) is 3.77. The van der Waals surface area contributed by atoms with Gasteiger partial charge in [0.05, 0.1) is 0 Å². The van der Waals surface area contributed by atoms with E-state index in [0.717, 1.165) is 47.3 Å². The van der Waals surface area contributed by atoms with Crippen LogP contribution in [-0.4, -0.2) is 35.9 Å². The van der Waals surface area contributed by atoms with E-state index in [4.69, 9.17) is 18.0 Å². The van der Waals surface area contributed by atoms with Gasteiger partial charge < -0.3 is 10.6 Å². The van der Waals surface area contributed by atoms with E-state index in [1.54, 1.807) is 4.90 Å². The van der Waals surface area contributed by atoms with Gasteiger partial charge in [0.25, 0.3) is 0 Å². The fraction of sp³-hybridized carbons (Fsp3) is 0.300. The van der Waals surface area contributed by atoms with E-state index in [9.17, 15) is 4.79 Å². The number of nitrogens with two attached hydrogens (primary N) is 1. The molecule has 4 nitrogen and oxygen atoms in total. The largest absolute Gasteiger partial charge is 0.376 e. The molecule has 0 amide bonds. The normalized spacial score (nSPS) is 15.6. The number of carbonyl (C=O) groups is 1. The molecule has 0 bridgehead atoms. The van der Waals surface area contributed by atoms with Gasteiger partial charge in [0.1, 0.15) is 0 Å². The van der Waals surface area contributed by atoms with Gasteiger partial charge in [0, 0.05) is 27.3 Å². The summed E-state index contributed by atoms with van der Waals surface area (Å²) in [7, 11) is 2.10. The minimum Gasteiger partial charge on any atom is -0.376 e. The van der Waals surface area contributed by atoms with Crippen LogP contribution in [0, 0.1) is 5.92 Å². The predicted octanol–water partition coefficient (Wildman–Crippen LogP) is 4.36. The highest BCUT2D eigenvalue weighted by Crippen LogP contribution is 2.29. The van der Waals surface area contributed by atoms with Crippen LogP contribution in [0.5, 0.6) is 0 Å². The first-order valence-electron chi connectivity index (χ1n) is 8.63. The Kier molecular flexibility index (Phi) is 6.06. The molecule has 0 aromatic heterocycles. The van der Waals surface area contributed by atoms with Crippen molar-refractivity contribution in [2.45, 2.75) is 12.8 Å². The lowest BCUT2D eigenvalue weighted by atomic mass is 9.89. The van der Waals surface area contributed by atoms with Crippen molar-refractivity contribution in [3.05, 3.63) is 58.6 Å². The molecular formula is C20H22BrN3OS. The highest BCUT2D eigenvalue weighted by atomic mass is 79.9. The van der Waals surface area contributed by atoms with Crippen LogP contribution in [0.25, 0.3) is 0 Å². The van der Waals surface area contributed by atoms with E-state index in [1.807, 2.05) is 48.5 Å². The van der Waals surface area contributed by atoms with Crippen LogP contribution in [0.3, 0.4) is 0 Å². The maximum atomic E-state index is 12.9. The molecule has 136 valence electrons. The number of thiocarbonyl (C=S) groups is 1. The van der Waals surface area contributed by atoms with E-state index in [1.165, 1.54) is 0 Å². The first-order chi connectivity index (χ1) is 12.5. The minimum absolute atomic E-state index is 0.0902. The van der Waals surface area contributed by atoms with E-state index in [0.29, 0.717) is 0 Å². The van der Waals surface area contributed by atoms with Gasteiger partial charge in [0.2, 0.25) is 0 Å². The second-order valence-corrected chi connectivity index (χ2v) is 7.98. The van der Waals surface area contributed by atoms with Crippen molar-refractivity contribution in [2.24, 2.45) is 11.7 Å². The molecule has 1 fully saturated rings. The monoisotopic (exact) mass is 431 g/mol. The van der Waals surface area contributed by atoms with Crippen molar-refractivity contribution >= 4 is 50.4 Å². The summed E-state index contributed by atoms with van der Waals surface area (Å²) in [5.41, 5.74) is 8.37. The molecule has 1 aliphatic rings. The number of benzene rings is 2. The van der Waals surface area contributed by atoms with Gasteiger partial charge in [-0.05, 0) is 81.6 Å². The van der Waals surface area contributed by atoms with Crippen LogP contribution in [-0.2, 0) is 0 Å². The van der Waals surface area contributed by atoms with Crippen molar-refractivity contribution in [1.29, 1.82) is 0 Å². The molecule has 26 heavy (non-hydrogen) atoms. The van der Waals surface area contributed by atoms with Gasteiger partial charge in [-0.1, -0.05) is 28.1 Å². The SMILES string of the molecule is CN1CCC(C(=O)c2cccc(N(C(N)=S)c3ccc(Br)cc3)c2)CC1. The standard InChI is InChI=1S/C20H22BrN3OS/c1-23-11-9-14(10-12-23)19(25)15-3-2-4-18(13-15)24(20(22)26)17-7-5-16(21)6-8-17/h2-8,13-14H,9-12H2,1H3,(H2,22,26). The van der Waals surface area contributed by atoms with Crippen molar-refractivity contribution < 1.29 is 4.79 Å². The Morgan fingerprint density at radius 2 is 1.81 bits per heavy atom. The van der Waals surface area contributed by atoms with Crippen LogP contribution in [0.4, 0.5) is 11.4 Å². The first kappa shape index (κ1) is 19.0. The predicted molar refractivity (Wildman–Crippen MR) is 114 cm³/mol. The van der Waals surface area contributed by atoms with Crippen molar-refractivity contribution in [2.75, 3.05) is 25.0 Å². The molecule has 3 rings (SSSR count). The van der Waals surface area contributed by atoms with Crippen LogP contribution >= 0.6 is 28.1 Å². The highest BCUT2D eigenvalue weighted by molar-refractivity contribution is 9.10. The molecule has 0 spiro atoms. The Bertz CT molecular complexity index is 801. The van der Waals surface area contributed by atoms with Crippen LogP contribution in [0.1, 0.15) is 23.2 Å². The number of likely N-dealkylation sites (tertiary alicyclic amines) is 1. The molecule has 0 saturated carbocycles. The number of piperidine rings is 1. The van der Waals surface area contributed by atoms with Gasteiger partial charge in [-0.3, -0.25) is 9.69 Å². The van der Waals surface area contributed by atoms with Gasteiger partial charge in [-0.2, -0.15) is 0 Å². The van der Waals surface area contributed by atoms with E-state index in [-0.39, 0.29) is 16.8 Å². The number of halogens is 1. The summed E-state index contributed by atoms with van der Waals surface area (Å²) < 4.78 is 0.982. The molecule has 2 aromatic carbocycles. The topological polar surface area (TPSA) is 49.6 Å². The Balaban J connectivity index is 1.88. The summed E-state index contributed by atoms with van der Waals surface area (Å²) in [5.74, 6) is 0.297. The molecule has 1 saturated heterocycles. The number of hydrogen-bond acceptors (Lipinski definition) is 3. The van der Waals surface area contributed by atoms with E-state index < -0.39 is 0 Å². The third-order valence-corrected chi connectivity index (χ3v) is 5.49. The van der Waals surface area contributed by atoms with E-state index >= 15 is 0 Å². The van der Waals surface area contributed by atoms with Crippen LogP contribution in [0.15, 0.2) is 53.0 Å². The molecule has 2 N–H and O–H groups in total. The van der Waals surface area contributed by atoms with Crippen molar-refractivity contribution in [3.8, 4) is 0 Å². The number of Topliss-reactive ketones (excluding diaryl/α,β-unsaturated/α-hetero) is 1. The minimum atomic E-state index is 0.0902. The summed E-state index contributed by atoms with van der Waals surface area (Å²) in [5, 5.41) is 0.246. The fourth-order valence-electron chi connectivity index (χ4n) is 3.30. The van der Waals surface area contributed by atoms with Crippen molar-refractivity contribution in [1.82, 2.24) is 4.90 Å². The number of hydrogen-bond donors (Lipinski definition) is 1. The molecular weight excluding hydrogens is 410 g/mol. The van der Waals surface area contributed by atoms with Gasteiger partial charge >= 0.3 is 0 Å². The molecule has 2 aromatic rings. The second-order valence-electron chi connectivity index (χ2n) is 6.64. The Morgan fingerprint density at radius 3 is 2.42 bits per heavy atom. The maximum Gasteiger partial charge on any atom is 0.175 e. The van der Waals surface area contributed by atoms with Gasteiger partial charge in [-0.15, -0.1) is 0 Å². The number of carbonyl (C=O) groups excluding carboxylic acids is 1. The zero-order chi connectivity index (χ0) is 18.7. The Hall–Kier alpha value is -1.76. The van der Waals surface area contributed by atoms with Gasteiger partial charge in [-0.25, -0.2) is 0 Å². The lowest BCUT2D eigenvalue weighted by Crippen LogP contribution is -2.34. The Morgan fingerprint density at radius 1 is 1.15 bits per heavy atom. The smallest absolute Gasteiger partial charge is 0.175 e. The molecule has 0 unspecified atom stereocenters. The van der Waals surface area contributed by atoms with E-state index in [2.05, 4.69) is 27.9 Å². The molecule has 0 aliphatic carbocycles. The molecule has 6 heteroatoms. The van der Waals surface area contributed by atoms with Crippen LogP contribution < -0.4 is 10.6 Å². The van der Waals surface area contributed by atoms with Gasteiger partial charge in [0.15, 0.2) is 10.9 Å². The number of ketones is 1. The second kappa shape index (κ2) is 8.29. The number of anilines is 2. The lowest BCUT2D eigenvalue weighted by Gasteiger charge is -2.28. The van der Waals surface area contributed by atoms with Crippen molar-refractivity contribution in [3.63, 3.8) is 0 Å². The molecule has 1 aliphatic heterocycles. The summed E-state index contributed by atoms with van der Waals surface area (Å²) in [6.45, 7) is 1.93.